The average Bonchev–Trinajstić information content (AvgIpc) is 0.838. The number of aliphatic hydroxyl groups is 12. The Bertz CT molecular complexity index is 3450. The van der Waals surface area contributed by atoms with Gasteiger partial charge in [0.1, 0.15) is 103 Å². The number of aliphatic carboxylic acids is 1. The molecule has 0 radical (unpaired) electrons. The molecular weight excluding hydrogens is 1210 g/mol. The van der Waals surface area contributed by atoms with Crippen LogP contribution in [0.25, 0.3) is 34.4 Å². The largest absolute Gasteiger partial charge is 0.507 e. The Hall–Kier alpha value is -8.30. The third-order valence-electron chi connectivity index (χ3n) is 14.7. The molecule has 4 saturated heterocycles. The summed E-state index contributed by atoms with van der Waals surface area (Å²) >= 11 is 0. The number of ether oxygens (including phenoxy) is 10. The molecule has 9 rings (SSSR count). The highest BCUT2D eigenvalue weighted by molar-refractivity contribution is 5.89. The maximum absolute atomic E-state index is 13.3. The van der Waals surface area contributed by atoms with E-state index in [4.69, 9.17) is 51.8 Å². The minimum Gasteiger partial charge on any atom is -0.507 e. The molecule has 33 nitrogen and oxygen atoms in total. The molecule has 4 fully saturated rings. The highest BCUT2D eigenvalue weighted by Crippen LogP contribution is 2.44. The number of carboxylic acid groups (broad SMARTS) is 1. The number of esters is 2. The molecular formula is C57H61O33+. The van der Waals surface area contributed by atoms with Crippen LogP contribution in [-0.2, 0) is 47.5 Å². The molecule has 0 unspecified atom stereocenters. The quantitative estimate of drug-likeness (QED) is 0.0166. The molecule has 0 amide bonds. The second kappa shape index (κ2) is 27.8. The van der Waals surface area contributed by atoms with Gasteiger partial charge in [0.2, 0.25) is 24.6 Å². The zero-order valence-corrected chi connectivity index (χ0v) is 46.1. The first-order valence-corrected chi connectivity index (χ1v) is 27.0. The topological polar surface area (TPSA) is 539 Å². The first kappa shape index (κ1) is 66.1. The molecule has 33 heteroatoms. The SMILES string of the molecule is O=C(/C=C/c1ccc(O)c(O)c1)OC[C@H]1O[C@@H](Oc2cc(O)c3cc(O[C@@H]4O[C@H](CO)[C@H](O)[C@H](O)[C@H]4O[C@@H]4O[C@H](CO)[C@@H](O)[C@H](O)[C@H]4OC(=O)/C=C/c4ccc(O)c(O)c4)c(-c4ccc(O)c(O[C@@H]5O[C@H](C(=O)O)[C@@H](O)[C@H](O)[C@H]5O)c4)[o+]c3c2)[C@H](O)[C@@H](O)[C@@H]1O. The third-order valence-corrected chi connectivity index (χ3v) is 14.7. The number of carbonyl (C=O) groups excluding carboxylic acids is 2. The molecule has 0 aliphatic carbocycles. The number of hydrogen-bond donors (Lipinski definition) is 19. The lowest BCUT2D eigenvalue weighted by Crippen LogP contribution is -2.65. The summed E-state index contributed by atoms with van der Waals surface area (Å²) in [4.78, 5) is 37.9. The van der Waals surface area contributed by atoms with Crippen molar-refractivity contribution in [2.45, 2.75) is 123 Å². The Kier molecular flexibility index (Phi) is 20.5. The molecule has 19 N–H and O–H groups in total. The van der Waals surface area contributed by atoms with Crippen LogP contribution in [0.2, 0.25) is 0 Å². The Morgan fingerprint density at radius 1 is 0.478 bits per heavy atom. The highest BCUT2D eigenvalue weighted by atomic mass is 16.8. The summed E-state index contributed by atoms with van der Waals surface area (Å²) in [6.45, 7) is -2.77. The summed E-state index contributed by atoms with van der Waals surface area (Å²) in [7, 11) is 0. The molecule has 20 atom stereocenters. The number of carboxylic acids is 1. The van der Waals surface area contributed by atoms with Crippen molar-refractivity contribution >= 4 is 41.0 Å². The van der Waals surface area contributed by atoms with Crippen molar-refractivity contribution < 1.29 is 163 Å². The lowest BCUT2D eigenvalue weighted by atomic mass is 9.97. The van der Waals surface area contributed by atoms with E-state index in [2.05, 4.69) is 0 Å². The smallest absolute Gasteiger partial charge is 0.402 e. The highest BCUT2D eigenvalue weighted by Gasteiger charge is 2.54. The minimum absolute atomic E-state index is 0.168. The van der Waals surface area contributed by atoms with Crippen molar-refractivity contribution in [2.75, 3.05) is 19.8 Å². The molecule has 0 saturated carbocycles. The van der Waals surface area contributed by atoms with E-state index >= 15 is 0 Å². The van der Waals surface area contributed by atoms with Gasteiger partial charge in [-0.15, -0.1) is 0 Å². The maximum Gasteiger partial charge on any atom is 0.402 e. The average molecular weight is 1270 g/mol. The number of benzene rings is 4. The van der Waals surface area contributed by atoms with Crippen LogP contribution in [0, 0.1) is 0 Å². The Morgan fingerprint density at radius 2 is 1.01 bits per heavy atom. The zero-order valence-electron chi connectivity index (χ0n) is 46.1. The van der Waals surface area contributed by atoms with Crippen molar-refractivity contribution in [2.24, 2.45) is 0 Å². The van der Waals surface area contributed by atoms with Gasteiger partial charge in [0.15, 0.2) is 59.1 Å². The Morgan fingerprint density at radius 3 is 1.61 bits per heavy atom. The Balaban J connectivity index is 1.06. The fraction of sp³-hybridized carbons (Fsp3) is 0.404. The van der Waals surface area contributed by atoms with Gasteiger partial charge >= 0.3 is 29.3 Å². The van der Waals surface area contributed by atoms with Gasteiger partial charge in [-0.05, 0) is 59.7 Å². The number of fused-ring (bicyclic) bond motifs is 1. The van der Waals surface area contributed by atoms with E-state index in [0.29, 0.717) is 0 Å². The fourth-order valence-electron chi connectivity index (χ4n) is 9.71. The second-order valence-electron chi connectivity index (χ2n) is 20.8. The van der Waals surface area contributed by atoms with Crippen molar-refractivity contribution in [3.63, 3.8) is 0 Å². The van der Waals surface area contributed by atoms with Crippen LogP contribution in [0.15, 0.2) is 89.4 Å². The van der Waals surface area contributed by atoms with E-state index in [1.54, 1.807) is 0 Å². The van der Waals surface area contributed by atoms with Gasteiger partial charge < -0.3 is 144 Å². The van der Waals surface area contributed by atoms with E-state index in [9.17, 15) is 111 Å². The lowest BCUT2D eigenvalue weighted by molar-refractivity contribution is -0.358. The van der Waals surface area contributed by atoms with Gasteiger partial charge in [-0.2, -0.15) is 0 Å². The molecule has 4 aliphatic rings. The van der Waals surface area contributed by atoms with Crippen molar-refractivity contribution in [3.05, 3.63) is 96.1 Å². The van der Waals surface area contributed by atoms with Gasteiger partial charge in [-0.1, -0.05) is 12.1 Å². The van der Waals surface area contributed by atoms with Gasteiger partial charge in [-0.3, -0.25) is 0 Å². The first-order valence-electron chi connectivity index (χ1n) is 27.0. The third kappa shape index (κ3) is 14.3. The molecule has 0 spiro atoms. The van der Waals surface area contributed by atoms with Crippen LogP contribution in [0.5, 0.6) is 51.7 Å². The maximum atomic E-state index is 13.3. The summed E-state index contributed by atoms with van der Waals surface area (Å²) in [5.41, 5.74) is -0.168. The molecule has 5 heterocycles. The number of carbonyl (C=O) groups is 3. The summed E-state index contributed by atoms with van der Waals surface area (Å²) < 4.78 is 63.4. The predicted molar refractivity (Wildman–Crippen MR) is 291 cm³/mol. The number of phenolic OH excluding ortho intramolecular Hbond substituents is 6. The van der Waals surface area contributed by atoms with Crippen molar-refractivity contribution in [1.29, 1.82) is 0 Å². The number of phenols is 6. The second-order valence-corrected chi connectivity index (χ2v) is 20.8. The number of aliphatic hydroxyl groups excluding tert-OH is 12. The summed E-state index contributed by atoms with van der Waals surface area (Å²) in [5.74, 6) is -9.58. The Labute approximate surface area is 504 Å². The molecule has 5 aromatic rings. The zero-order chi connectivity index (χ0) is 65.2. The molecule has 1 aromatic heterocycles. The standard InChI is InChI=1S/C57H60O33/c58-17-34-40(69)45(74)52(90-57-51(44(73)39(68)35(18-59)86-57)88-38(67)10-4-21-2-7-26(61)30(65)12-21)56(85-34)84-33-16-24-28(63)14-23(81-54-47(76)42(71)41(70)36(87-54)19-80-37(66)9-3-20-1-6-25(60)29(64)11-20)15-31(24)82-49(33)22-5-8-27(62)32(13-22)83-55-48(77)43(72)46(75)50(89-55)53(78)79/h1-16,34-36,39-48,50-52,54-59,68-77H,17-19H2,(H6-,60,61,62,63,64,65,66,67,78,79)/p+1/t34-,35-,36-,39-,40+,41-,42+,43+,44+,45+,46+,47-,48-,50+,51-,52-,54-,55-,56-,57+/m1/s1. The van der Waals surface area contributed by atoms with E-state index in [0.717, 1.165) is 78.9 Å². The summed E-state index contributed by atoms with van der Waals surface area (Å²) in [6, 6.07) is 13.3. The summed E-state index contributed by atoms with van der Waals surface area (Å²) in [5, 5.41) is 201. The monoisotopic (exact) mass is 1270 g/mol. The molecule has 4 aromatic carbocycles. The van der Waals surface area contributed by atoms with Gasteiger partial charge in [0.05, 0.1) is 24.8 Å². The molecule has 4 aliphatic heterocycles. The number of rotatable bonds is 19. The number of hydrogen-bond acceptors (Lipinski definition) is 31. The predicted octanol–water partition coefficient (Wildman–Crippen LogP) is -3.40. The molecule has 90 heavy (non-hydrogen) atoms. The van der Waals surface area contributed by atoms with Crippen molar-refractivity contribution in [1.82, 2.24) is 0 Å². The van der Waals surface area contributed by atoms with Crippen LogP contribution < -0.4 is 14.2 Å². The van der Waals surface area contributed by atoms with Crippen LogP contribution in [0.4, 0.5) is 0 Å². The first-order chi connectivity index (χ1) is 42.7. The van der Waals surface area contributed by atoms with Gasteiger partial charge in [-0.25, -0.2) is 18.8 Å². The van der Waals surface area contributed by atoms with Gasteiger partial charge in [0, 0.05) is 30.4 Å². The van der Waals surface area contributed by atoms with E-state index in [-0.39, 0.29) is 27.7 Å². The summed E-state index contributed by atoms with van der Waals surface area (Å²) in [6.07, 6.45) is -36.4. The fourth-order valence-corrected chi connectivity index (χ4v) is 9.71. The lowest BCUT2D eigenvalue weighted by Gasteiger charge is -2.46. The molecule has 486 valence electrons. The van der Waals surface area contributed by atoms with E-state index in [1.807, 2.05) is 0 Å². The normalized spacial score (nSPS) is 32.1. The van der Waals surface area contributed by atoms with E-state index < -0.39 is 218 Å². The minimum atomic E-state index is -2.21. The number of aromatic hydroxyl groups is 6. The molecule has 0 bridgehead atoms. The van der Waals surface area contributed by atoms with Crippen LogP contribution in [0.3, 0.4) is 0 Å². The van der Waals surface area contributed by atoms with Crippen LogP contribution in [0.1, 0.15) is 11.1 Å². The van der Waals surface area contributed by atoms with Crippen molar-refractivity contribution in [3.8, 4) is 63.1 Å². The van der Waals surface area contributed by atoms with Crippen LogP contribution in [-0.4, -0.2) is 258 Å². The van der Waals surface area contributed by atoms with Gasteiger partial charge in [0.25, 0.3) is 0 Å². The van der Waals surface area contributed by atoms with Crippen LogP contribution >= 0.6 is 0 Å². The van der Waals surface area contributed by atoms with E-state index in [1.165, 1.54) is 18.2 Å².